The van der Waals surface area contributed by atoms with Gasteiger partial charge in [0.25, 0.3) is 0 Å². The lowest BCUT2D eigenvalue weighted by Crippen LogP contribution is -2.19. The molecule has 0 radical (unpaired) electrons. The van der Waals surface area contributed by atoms with Crippen LogP contribution < -0.4 is 15.8 Å². The van der Waals surface area contributed by atoms with Gasteiger partial charge in [-0.2, -0.15) is 5.10 Å². The SMILES string of the molecule is CCOC(=O)c1cnc2c(NC(=S)Nc3ccc(S(N)(=O)=O)cc3)cnn2c1C. The molecule has 0 amide bonds. The third kappa shape index (κ3) is 4.50. The molecule has 3 rings (SSSR count). The molecule has 12 heteroatoms. The minimum Gasteiger partial charge on any atom is -0.462 e. The number of hydrogen-bond acceptors (Lipinski definition) is 7. The van der Waals surface area contributed by atoms with Crippen molar-refractivity contribution >= 4 is 50.3 Å². The fraction of sp³-hybridized carbons (Fsp3) is 0.176. The van der Waals surface area contributed by atoms with Gasteiger partial charge in [-0.3, -0.25) is 0 Å². The Morgan fingerprint density at radius 2 is 1.93 bits per heavy atom. The van der Waals surface area contributed by atoms with Crippen molar-refractivity contribution in [3.05, 3.63) is 47.9 Å². The molecule has 29 heavy (non-hydrogen) atoms. The van der Waals surface area contributed by atoms with Crippen LogP contribution >= 0.6 is 12.2 Å². The largest absolute Gasteiger partial charge is 0.462 e. The smallest absolute Gasteiger partial charge is 0.341 e. The van der Waals surface area contributed by atoms with Crippen molar-refractivity contribution in [2.75, 3.05) is 17.2 Å². The number of rotatable bonds is 5. The van der Waals surface area contributed by atoms with Crippen molar-refractivity contribution in [3.8, 4) is 0 Å². The fourth-order valence-electron chi connectivity index (χ4n) is 2.55. The number of benzene rings is 1. The highest BCUT2D eigenvalue weighted by molar-refractivity contribution is 7.89. The quantitative estimate of drug-likeness (QED) is 0.404. The van der Waals surface area contributed by atoms with E-state index in [1.54, 1.807) is 13.8 Å². The normalized spacial score (nSPS) is 11.3. The minimum atomic E-state index is -3.76. The van der Waals surface area contributed by atoms with E-state index in [0.29, 0.717) is 28.3 Å². The van der Waals surface area contributed by atoms with Gasteiger partial charge in [0.05, 0.1) is 29.0 Å². The number of aryl methyl sites for hydroxylation is 1. The number of carbonyl (C=O) groups excluding carboxylic acids is 1. The second-order valence-electron chi connectivity index (χ2n) is 5.92. The standard InChI is InChI=1S/C17H18N6O4S2/c1-3-27-16(24)13-8-19-15-14(9-20-23(15)10(13)2)22-17(28)21-11-4-6-12(7-5-11)29(18,25)26/h4-9H,3H2,1-2H3,(H2,18,25,26)(H2,21,22,28). The van der Waals surface area contributed by atoms with Gasteiger partial charge in [0.1, 0.15) is 5.69 Å². The molecule has 0 aliphatic rings. The monoisotopic (exact) mass is 434 g/mol. The summed E-state index contributed by atoms with van der Waals surface area (Å²) in [6.07, 6.45) is 2.96. The molecular formula is C17H18N6O4S2. The van der Waals surface area contributed by atoms with Gasteiger partial charge in [-0.15, -0.1) is 0 Å². The first-order valence-corrected chi connectivity index (χ1v) is 10.4. The lowest BCUT2D eigenvalue weighted by Gasteiger charge is -2.10. The first-order chi connectivity index (χ1) is 13.7. The predicted molar refractivity (Wildman–Crippen MR) is 111 cm³/mol. The maximum absolute atomic E-state index is 12.0. The highest BCUT2D eigenvalue weighted by atomic mass is 32.2. The van der Waals surface area contributed by atoms with Crippen LogP contribution in [0.25, 0.3) is 5.65 Å². The number of sulfonamides is 1. The first kappa shape index (κ1) is 20.6. The van der Waals surface area contributed by atoms with Crippen molar-refractivity contribution in [2.24, 2.45) is 5.14 Å². The van der Waals surface area contributed by atoms with Crippen molar-refractivity contribution in [3.63, 3.8) is 0 Å². The van der Waals surface area contributed by atoms with E-state index in [1.165, 1.54) is 41.2 Å². The van der Waals surface area contributed by atoms with Crippen LogP contribution in [-0.4, -0.2) is 40.7 Å². The van der Waals surface area contributed by atoms with E-state index in [0.717, 1.165) is 0 Å². The second kappa shape index (κ2) is 8.11. The molecule has 3 aromatic rings. The van der Waals surface area contributed by atoms with Crippen molar-refractivity contribution < 1.29 is 17.9 Å². The molecule has 0 fully saturated rings. The number of esters is 1. The van der Waals surface area contributed by atoms with Crippen LogP contribution in [0.2, 0.25) is 0 Å². The Morgan fingerprint density at radius 3 is 2.55 bits per heavy atom. The highest BCUT2D eigenvalue weighted by Crippen LogP contribution is 2.19. The van der Waals surface area contributed by atoms with Crippen LogP contribution in [-0.2, 0) is 14.8 Å². The molecule has 2 aromatic heterocycles. The summed E-state index contributed by atoms with van der Waals surface area (Å²) in [6.45, 7) is 3.73. The molecule has 0 saturated heterocycles. The van der Waals surface area contributed by atoms with E-state index in [2.05, 4.69) is 20.7 Å². The Bertz CT molecular complexity index is 1190. The van der Waals surface area contributed by atoms with Gasteiger partial charge >= 0.3 is 5.97 Å². The molecule has 152 valence electrons. The van der Waals surface area contributed by atoms with E-state index in [9.17, 15) is 13.2 Å². The molecule has 4 N–H and O–H groups in total. The molecule has 0 aliphatic heterocycles. The Morgan fingerprint density at radius 1 is 1.24 bits per heavy atom. The molecule has 0 saturated carbocycles. The molecular weight excluding hydrogens is 416 g/mol. The van der Waals surface area contributed by atoms with Crippen LogP contribution in [0.5, 0.6) is 0 Å². The summed E-state index contributed by atoms with van der Waals surface area (Å²) < 4.78 is 29.1. The minimum absolute atomic E-state index is 0.00151. The Balaban J connectivity index is 1.77. The van der Waals surface area contributed by atoms with E-state index < -0.39 is 16.0 Å². The zero-order valence-corrected chi connectivity index (χ0v) is 17.2. The molecule has 0 unspecified atom stereocenters. The summed E-state index contributed by atoms with van der Waals surface area (Å²) in [6, 6.07) is 5.82. The van der Waals surface area contributed by atoms with Crippen LogP contribution in [0.15, 0.2) is 41.6 Å². The van der Waals surface area contributed by atoms with Gasteiger partial charge in [-0.1, -0.05) is 0 Å². The number of carbonyl (C=O) groups is 1. The number of nitrogens with zero attached hydrogens (tertiary/aromatic N) is 3. The Labute approximate surface area is 172 Å². The highest BCUT2D eigenvalue weighted by Gasteiger charge is 2.17. The van der Waals surface area contributed by atoms with Crippen LogP contribution in [0.3, 0.4) is 0 Å². The van der Waals surface area contributed by atoms with Gasteiger partial charge < -0.3 is 15.4 Å². The maximum Gasteiger partial charge on any atom is 0.341 e. The third-order valence-electron chi connectivity index (χ3n) is 3.95. The van der Waals surface area contributed by atoms with Crippen LogP contribution in [0, 0.1) is 6.92 Å². The number of nitrogens with one attached hydrogen (secondary N) is 2. The zero-order chi connectivity index (χ0) is 21.2. The fourth-order valence-corrected chi connectivity index (χ4v) is 3.30. The van der Waals surface area contributed by atoms with Crippen LogP contribution in [0.1, 0.15) is 23.0 Å². The zero-order valence-electron chi connectivity index (χ0n) is 15.5. The number of aromatic nitrogens is 3. The summed E-state index contributed by atoms with van der Waals surface area (Å²) in [7, 11) is -3.76. The van der Waals surface area contributed by atoms with E-state index >= 15 is 0 Å². The molecule has 0 atom stereocenters. The summed E-state index contributed by atoms with van der Waals surface area (Å²) in [5.74, 6) is -0.468. The lowest BCUT2D eigenvalue weighted by atomic mass is 10.2. The maximum atomic E-state index is 12.0. The van der Waals surface area contributed by atoms with Crippen LogP contribution in [0.4, 0.5) is 11.4 Å². The average Bonchev–Trinajstić information content (AvgIpc) is 3.05. The Kier molecular flexibility index (Phi) is 5.77. The van der Waals surface area contributed by atoms with Gasteiger partial charge in [-0.05, 0) is 50.3 Å². The van der Waals surface area contributed by atoms with Crippen molar-refractivity contribution in [1.29, 1.82) is 0 Å². The summed E-state index contributed by atoms with van der Waals surface area (Å²) in [5, 5.41) is 15.5. The van der Waals surface area contributed by atoms with Crippen molar-refractivity contribution in [1.82, 2.24) is 14.6 Å². The van der Waals surface area contributed by atoms with Gasteiger partial charge in [0, 0.05) is 11.9 Å². The molecule has 0 aliphatic carbocycles. The van der Waals surface area contributed by atoms with Gasteiger partial charge in [-0.25, -0.2) is 27.9 Å². The average molecular weight is 435 g/mol. The number of ether oxygens (including phenoxy) is 1. The van der Waals surface area contributed by atoms with Crippen molar-refractivity contribution in [2.45, 2.75) is 18.7 Å². The van der Waals surface area contributed by atoms with E-state index in [1.807, 2.05) is 0 Å². The third-order valence-corrected chi connectivity index (χ3v) is 5.08. The van der Waals surface area contributed by atoms with Gasteiger partial charge in [0.2, 0.25) is 10.0 Å². The second-order valence-corrected chi connectivity index (χ2v) is 7.89. The van der Waals surface area contributed by atoms with E-state index in [-0.39, 0.29) is 16.6 Å². The van der Waals surface area contributed by atoms with Gasteiger partial charge in [0.15, 0.2) is 10.8 Å². The lowest BCUT2D eigenvalue weighted by molar-refractivity contribution is 0.0524. The Hall–Kier alpha value is -3.09. The molecule has 0 bridgehead atoms. The molecule has 10 nitrogen and oxygen atoms in total. The number of fused-ring (bicyclic) bond motifs is 1. The summed E-state index contributed by atoms with van der Waals surface area (Å²) in [4.78, 5) is 16.3. The number of nitrogens with two attached hydrogens (primary N) is 1. The molecule has 2 heterocycles. The predicted octanol–water partition coefficient (Wildman–Crippen LogP) is 1.67. The number of thiocarbonyl (C=S) groups is 1. The summed E-state index contributed by atoms with van der Waals surface area (Å²) in [5.41, 5.74) is 2.48. The number of anilines is 2. The molecule has 1 aromatic carbocycles. The number of primary sulfonamides is 1. The first-order valence-electron chi connectivity index (χ1n) is 8.42. The molecule has 0 spiro atoms. The topological polar surface area (TPSA) is 141 Å². The number of hydrogen-bond donors (Lipinski definition) is 3. The summed E-state index contributed by atoms with van der Waals surface area (Å²) >= 11 is 5.28. The van der Waals surface area contributed by atoms with E-state index in [4.69, 9.17) is 22.1 Å².